The van der Waals surface area contributed by atoms with Crippen LogP contribution >= 0.6 is 27.5 Å². The lowest BCUT2D eigenvalue weighted by atomic mass is 10.1. The molecule has 0 spiro atoms. The van der Waals surface area contributed by atoms with Crippen LogP contribution in [0.5, 0.6) is 0 Å². The van der Waals surface area contributed by atoms with E-state index in [0.29, 0.717) is 24.2 Å². The van der Waals surface area contributed by atoms with Gasteiger partial charge in [0.25, 0.3) is 5.56 Å². The molecule has 0 unspecified atom stereocenters. The highest BCUT2D eigenvalue weighted by Crippen LogP contribution is 2.42. The van der Waals surface area contributed by atoms with Gasteiger partial charge >= 0.3 is 5.97 Å². The second-order valence-corrected chi connectivity index (χ2v) is 6.98. The third-order valence-electron chi connectivity index (χ3n) is 4.36. The van der Waals surface area contributed by atoms with Crippen molar-refractivity contribution in [1.82, 2.24) is 4.57 Å². The average molecular weight is 411 g/mol. The van der Waals surface area contributed by atoms with Crippen molar-refractivity contribution in [1.29, 1.82) is 0 Å². The fourth-order valence-corrected chi connectivity index (χ4v) is 3.72. The van der Waals surface area contributed by atoms with Gasteiger partial charge in [-0.1, -0.05) is 39.7 Å². The zero-order chi connectivity index (χ0) is 17.3. The number of rotatable bonds is 6. The molecular weight excluding hydrogens is 394 g/mol. The molecular formula is C18H17BrClNO3. The number of nitrogens with zero attached hydrogens (tertiary/aromatic N) is 1. The van der Waals surface area contributed by atoms with Crippen molar-refractivity contribution in [3.8, 4) is 0 Å². The highest BCUT2D eigenvalue weighted by Gasteiger charge is 2.28. The Kier molecular flexibility index (Phi) is 5.11. The molecule has 4 nitrogen and oxygen atoms in total. The van der Waals surface area contributed by atoms with Gasteiger partial charge in [0.15, 0.2) is 0 Å². The number of carboxylic acid groups (broad SMARTS) is 1. The summed E-state index contributed by atoms with van der Waals surface area (Å²) in [6, 6.07) is 8.55. The minimum atomic E-state index is -0.941. The molecule has 0 bridgehead atoms. The molecule has 6 heteroatoms. The molecule has 1 N–H and O–H groups in total. The number of halogens is 2. The Morgan fingerprint density at radius 3 is 2.50 bits per heavy atom. The van der Waals surface area contributed by atoms with Crippen molar-refractivity contribution in [3.63, 3.8) is 0 Å². The van der Waals surface area contributed by atoms with Crippen LogP contribution in [0.2, 0.25) is 5.02 Å². The van der Waals surface area contributed by atoms with Crippen LogP contribution < -0.4 is 5.56 Å². The van der Waals surface area contributed by atoms with E-state index in [4.69, 9.17) is 16.7 Å². The first kappa shape index (κ1) is 17.2. The number of carbonyl (C=O) groups is 1. The zero-order valence-electron chi connectivity index (χ0n) is 13.0. The quantitative estimate of drug-likeness (QED) is 0.726. The maximum atomic E-state index is 12.4. The molecule has 3 rings (SSSR count). The molecule has 1 aliphatic carbocycles. The monoisotopic (exact) mass is 409 g/mol. The maximum absolute atomic E-state index is 12.4. The van der Waals surface area contributed by atoms with E-state index in [2.05, 4.69) is 15.9 Å². The van der Waals surface area contributed by atoms with Gasteiger partial charge in [-0.15, -0.1) is 0 Å². The summed E-state index contributed by atoms with van der Waals surface area (Å²) in [6.45, 7) is 0.520. The van der Waals surface area contributed by atoms with Crippen molar-refractivity contribution in [3.05, 3.63) is 68.1 Å². The average Bonchev–Trinajstić information content (AvgIpc) is 3.41. The number of aromatic nitrogens is 1. The van der Waals surface area contributed by atoms with E-state index >= 15 is 0 Å². The molecule has 0 radical (unpaired) electrons. The van der Waals surface area contributed by atoms with Gasteiger partial charge in [0, 0.05) is 17.6 Å². The summed E-state index contributed by atoms with van der Waals surface area (Å²) >= 11 is 9.64. The second-order valence-electron chi connectivity index (χ2n) is 6.01. The molecule has 2 aromatic rings. The maximum Gasteiger partial charge on any atom is 0.335 e. The van der Waals surface area contributed by atoms with E-state index in [1.165, 1.54) is 0 Å². The summed E-state index contributed by atoms with van der Waals surface area (Å²) in [5.74, 6) is -0.431. The van der Waals surface area contributed by atoms with Gasteiger partial charge in [-0.2, -0.15) is 0 Å². The van der Waals surface area contributed by atoms with E-state index in [-0.39, 0.29) is 16.1 Å². The molecule has 1 aromatic carbocycles. The predicted molar refractivity (Wildman–Crippen MR) is 97.4 cm³/mol. The first-order chi connectivity index (χ1) is 11.5. The molecule has 1 saturated carbocycles. The molecule has 126 valence electrons. The second kappa shape index (κ2) is 7.11. The van der Waals surface area contributed by atoms with Gasteiger partial charge < -0.3 is 9.67 Å². The van der Waals surface area contributed by atoms with Crippen molar-refractivity contribution in [2.45, 2.75) is 37.1 Å². The Labute approximate surface area is 153 Å². The molecule has 1 aromatic heterocycles. The predicted octanol–water partition coefficient (Wildman–Crippen LogP) is 4.21. The zero-order valence-corrected chi connectivity index (χ0v) is 15.3. The Bertz CT molecular complexity index is 825. The van der Waals surface area contributed by atoms with Crippen molar-refractivity contribution in [2.75, 3.05) is 0 Å². The number of benzene rings is 1. The molecule has 0 aliphatic heterocycles. The Morgan fingerprint density at radius 1 is 1.29 bits per heavy atom. The molecule has 0 atom stereocenters. The number of aryl methyl sites for hydroxylation is 1. The number of carboxylic acids is 1. The number of hydrogen-bond acceptors (Lipinski definition) is 2. The molecule has 0 saturated heterocycles. The summed E-state index contributed by atoms with van der Waals surface area (Å²) in [5.41, 5.74) is 3.24. The lowest BCUT2D eigenvalue weighted by molar-refractivity contribution is 0.0697. The van der Waals surface area contributed by atoms with Gasteiger partial charge in [-0.3, -0.25) is 4.79 Å². The fraction of sp³-hybridized carbons (Fsp3) is 0.333. The van der Waals surface area contributed by atoms with E-state index in [1.807, 2.05) is 6.07 Å². The molecule has 1 heterocycles. The number of pyridine rings is 1. The van der Waals surface area contributed by atoms with Gasteiger partial charge in [0.05, 0.1) is 5.56 Å². The van der Waals surface area contributed by atoms with Crippen LogP contribution in [0, 0.1) is 0 Å². The van der Waals surface area contributed by atoms with Crippen LogP contribution in [0.15, 0.2) is 35.1 Å². The normalized spacial score (nSPS) is 13.9. The standard InChI is InChI=1S/C18H17BrClNO3/c19-10-16-14(12-5-6-12)9-15(20)17(22)21(16)8-7-11-1-3-13(4-2-11)18(23)24/h1-4,9,12H,5-8,10H2,(H,23,24). The largest absolute Gasteiger partial charge is 0.478 e. The SMILES string of the molecule is O=C(O)c1ccc(CCn2c(CBr)c(C3CC3)cc(Cl)c2=O)cc1. The van der Waals surface area contributed by atoms with Crippen LogP contribution in [0.4, 0.5) is 0 Å². The molecule has 0 amide bonds. The lowest BCUT2D eigenvalue weighted by Crippen LogP contribution is -2.26. The summed E-state index contributed by atoms with van der Waals surface area (Å²) in [6.07, 6.45) is 2.93. The molecule has 1 fully saturated rings. The van der Waals surface area contributed by atoms with E-state index in [1.54, 1.807) is 28.8 Å². The molecule has 1 aliphatic rings. The van der Waals surface area contributed by atoms with Gasteiger partial charge in [0.1, 0.15) is 5.02 Å². The van der Waals surface area contributed by atoms with Crippen LogP contribution in [-0.4, -0.2) is 15.6 Å². The summed E-state index contributed by atoms with van der Waals surface area (Å²) in [5, 5.41) is 9.82. The van der Waals surface area contributed by atoms with Crippen LogP contribution in [0.3, 0.4) is 0 Å². The third-order valence-corrected chi connectivity index (χ3v) is 5.16. The van der Waals surface area contributed by atoms with E-state index < -0.39 is 5.97 Å². The third kappa shape index (κ3) is 3.57. The van der Waals surface area contributed by atoms with Gasteiger partial charge in [-0.25, -0.2) is 4.79 Å². The fourth-order valence-electron chi connectivity index (χ4n) is 2.88. The minimum absolute atomic E-state index is 0.169. The van der Waals surface area contributed by atoms with Crippen molar-refractivity contribution in [2.24, 2.45) is 0 Å². The minimum Gasteiger partial charge on any atom is -0.478 e. The topological polar surface area (TPSA) is 59.3 Å². The highest BCUT2D eigenvalue weighted by atomic mass is 79.9. The van der Waals surface area contributed by atoms with Gasteiger partial charge in [0.2, 0.25) is 0 Å². The summed E-state index contributed by atoms with van der Waals surface area (Å²) in [4.78, 5) is 23.3. The van der Waals surface area contributed by atoms with E-state index in [9.17, 15) is 9.59 Å². The Morgan fingerprint density at radius 2 is 1.96 bits per heavy atom. The van der Waals surface area contributed by atoms with Crippen LogP contribution in [0.25, 0.3) is 0 Å². The highest BCUT2D eigenvalue weighted by molar-refractivity contribution is 9.08. The van der Waals surface area contributed by atoms with Crippen molar-refractivity contribution >= 4 is 33.5 Å². The van der Waals surface area contributed by atoms with Crippen LogP contribution in [-0.2, 0) is 18.3 Å². The Hall–Kier alpha value is -1.59. The number of alkyl halides is 1. The number of aromatic carboxylic acids is 1. The Balaban J connectivity index is 1.86. The smallest absolute Gasteiger partial charge is 0.335 e. The first-order valence-electron chi connectivity index (χ1n) is 7.81. The summed E-state index contributed by atoms with van der Waals surface area (Å²) in [7, 11) is 0. The molecule has 24 heavy (non-hydrogen) atoms. The van der Waals surface area contributed by atoms with Gasteiger partial charge in [-0.05, 0) is 54.5 Å². The first-order valence-corrected chi connectivity index (χ1v) is 9.31. The van der Waals surface area contributed by atoms with E-state index in [0.717, 1.165) is 29.7 Å². The van der Waals surface area contributed by atoms with Crippen LogP contribution in [0.1, 0.15) is 45.9 Å². The lowest BCUT2D eigenvalue weighted by Gasteiger charge is -2.16. The van der Waals surface area contributed by atoms with Crippen molar-refractivity contribution < 1.29 is 9.90 Å². The summed E-state index contributed by atoms with van der Waals surface area (Å²) < 4.78 is 1.75. The number of hydrogen-bond donors (Lipinski definition) is 1.